The molecule has 0 saturated carbocycles. The van der Waals surface area contributed by atoms with E-state index < -0.39 is 19.2 Å². The van der Waals surface area contributed by atoms with Gasteiger partial charge < -0.3 is 0 Å². The van der Waals surface area contributed by atoms with E-state index >= 15 is 0 Å². The average Bonchev–Trinajstić information content (AvgIpc) is 2.03. The quantitative estimate of drug-likeness (QED) is 0.333. The summed E-state index contributed by atoms with van der Waals surface area (Å²) < 4.78 is 0. The van der Waals surface area contributed by atoms with Crippen LogP contribution in [0.5, 0.6) is 0 Å². The zero-order chi connectivity index (χ0) is 11.3. The average molecular weight is 151 g/mol. The van der Waals surface area contributed by atoms with Gasteiger partial charge in [0.15, 0.2) is 0 Å². The first kappa shape index (κ1) is 14.9. The fourth-order valence-corrected chi connectivity index (χ4v) is 1.09. The minimum absolute atomic E-state index is 0.316. The van der Waals surface area contributed by atoms with E-state index in [1.165, 1.54) is 7.06 Å². The van der Waals surface area contributed by atoms with Crippen LogP contribution >= 0.6 is 0 Å². The van der Waals surface area contributed by atoms with Crippen molar-refractivity contribution in [2.75, 3.05) is 0 Å². The molecule has 0 aliphatic rings. The molecule has 0 amide bonds. The van der Waals surface area contributed by atoms with Crippen molar-refractivity contribution >= 4 is 100 Å². The molecule has 0 N–H and O–H groups in total. The van der Waals surface area contributed by atoms with Crippen molar-refractivity contribution in [3.8, 4) is 0 Å². The Morgan fingerprint density at radius 2 is 1.14 bits per heavy atom. The summed E-state index contributed by atoms with van der Waals surface area (Å²) in [5.41, 5.74) is 0. The first-order valence-electron chi connectivity index (χ1n) is 4.33. The van der Waals surface area contributed by atoms with Gasteiger partial charge in [-0.1, -0.05) is 0 Å². The van der Waals surface area contributed by atoms with Gasteiger partial charge in [0.2, 0.25) is 0 Å². The summed E-state index contributed by atoms with van der Waals surface area (Å²) in [7, 11) is 41.3. The summed E-state index contributed by atoms with van der Waals surface area (Å²) in [6.45, 7) is 0. The molecule has 14 heavy (non-hydrogen) atoms. The Balaban J connectivity index is 4.26. The smallest absolute Gasteiger partial charge is 0 e. The van der Waals surface area contributed by atoms with Gasteiger partial charge in [-0.3, -0.25) is 0 Å². The first-order valence-corrected chi connectivity index (χ1v) is 4.33. The van der Waals surface area contributed by atoms with Crippen molar-refractivity contribution < 1.29 is 0 Å². The maximum Gasteiger partial charge on any atom is 0 e. The maximum absolute atomic E-state index is 5.49. The zero-order valence-corrected chi connectivity index (χ0v) is 8.08. The third kappa shape index (κ3) is 5.12. The largest absolute Gasteiger partial charge is 0 e. The molecule has 0 aromatic rings. The highest BCUT2D eigenvalue weighted by Crippen LogP contribution is 1.89. The molecule has 0 aromatic carbocycles. The second-order valence-corrected chi connectivity index (χ2v) is 3.27. The van der Waals surface area contributed by atoms with Crippen molar-refractivity contribution in [2.24, 2.45) is 0 Å². The molecule has 0 aliphatic carbocycles. The summed E-state index contributed by atoms with van der Waals surface area (Å²) in [6.07, 6.45) is -2.62. The topological polar surface area (TPSA) is 0 Å². The zero-order valence-electron chi connectivity index (χ0n) is 8.08. The van der Waals surface area contributed by atoms with E-state index in [2.05, 4.69) is 0 Å². The molecule has 0 unspecified atom stereocenters. The Labute approximate surface area is 100 Å². The Kier molecular flexibility index (Phi) is 7.70. The highest BCUT2D eigenvalue weighted by molar-refractivity contribution is 8.02. The van der Waals surface area contributed by atoms with E-state index in [9.17, 15) is 0 Å². The summed E-state index contributed by atoms with van der Waals surface area (Å²) in [6, 6.07) is 0. The van der Waals surface area contributed by atoms with Crippen LogP contribution in [0.25, 0.3) is 0 Å². The van der Waals surface area contributed by atoms with Gasteiger partial charge >= 0.3 is 0 Å². The van der Waals surface area contributed by atoms with E-state index in [4.69, 9.17) is 54.2 Å². The molecule has 14 heteroatoms. The van der Waals surface area contributed by atoms with Crippen LogP contribution in [0.15, 0.2) is 0 Å². The number of hydrogen-bond donors (Lipinski definition) is 0. The van der Waals surface area contributed by atoms with E-state index in [1.54, 1.807) is 7.06 Å². The third-order valence-corrected chi connectivity index (χ3v) is 2.00. The van der Waals surface area contributed by atoms with Crippen LogP contribution in [0.1, 0.15) is 0 Å². The molecule has 0 atom stereocenters. The van der Waals surface area contributed by atoms with Crippen molar-refractivity contribution in [3.63, 3.8) is 0 Å². The summed E-state index contributed by atoms with van der Waals surface area (Å²) in [4.78, 5) is 0. The van der Waals surface area contributed by atoms with Gasteiger partial charge in [0.1, 0.15) is 0 Å². The van der Waals surface area contributed by atoms with Crippen LogP contribution < -0.4 is 0 Å². The van der Waals surface area contributed by atoms with Crippen LogP contribution in [0, 0.1) is 0 Å². The molecule has 0 heterocycles. The molecule has 0 rings (SSSR count). The van der Waals surface area contributed by atoms with Gasteiger partial charge in [-0.2, -0.15) is 0 Å². The summed E-state index contributed by atoms with van der Waals surface area (Å²) in [5, 5.41) is 0. The van der Waals surface area contributed by atoms with Gasteiger partial charge in [-0.05, 0) is 0 Å². The number of hydrogen-bond acceptors (Lipinski definition) is 0. The maximum atomic E-state index is 5.49. The molecule has 16 radical (unpaired) electrons. The normalized spacial score (nSPS) is 8.57. The molecule has 0 aliphatic heterocycles. The molecular formula is B14. The second kappa shape index (κ2) is 7.23. The highest BCUT2D eigenvalue weighted by atomic mass is 13.1. The molecule has 0 saturated heterocycles. The van der Waals surface area contributed by atoms with Crippen molar-refractivity contribution in [3.05, 3.63) is 0 Å². The van der Waals surface area contributed by atoms with E-state index in [1.807, 2.05) is 0 Å². The Hall–Kier alpha value is 0.909. The predicted octanol–water partition coefficient (Wildman–Crippen LogP) is -5.33. The Morgan fingerprint density at radius 3 is 1.36 bits per heavy atom. The molecule has 0 bridgehead atoms. The van der Waals surface area contributed by atoms with E-state index in [-0.39, 0.29) is 12.8 Å². The van der Waals surface area contributed by atoms with Crippen LogP contribution in [-0.2, 0) is 0 Å². The second-order valence-electron chi connectivity index (χ2n) is 3.27. The van der Waals surface area contributed by atoms with Crippen LogP contribution in [0.4, 0.5) is 0 Å². The Morgan fingerprint density at radius 1 is 0.714 bits per heavy atom. The van der Waals surface area contributed by atoms with Crippen molar-refractivity contribution in [1.29, 1.82) is 0 Å². The van der Waals surface area contributed by atoms with Gasteiger partial charge in [0.05, 0.1) is 0 Å². The van der Waals surface area contributed by atoms with Gasteiger partial charge in [0.25, 0.3) is 0 Å². The minimum Gasteiger partial charge on any atom is 0 e. The van der Waals surface area contributed by atoms with Crippen molar-refractivity contribution in [1.82, 2.24) is 0 Å². The monoisotopic (exact) mass is 154 g/mol. The number of rotatable bonds is 6. The first-order chi connectivity index (χ1) is 6.40. The molecule has 0 aromatic heterocycles. The molecule has 0 fully saturated rings. The van der Waals surface area contributed by atoms with Crippen LogP contribution in [-0.4, -0.2) is 100 Å². The SMILES string of the molecule is [B][B]B([B]B(B([B])[B])B([B])[B])B([B])[B]. The lowest BCUT2D eigenvalue weighted by atomic mass is 8.55. The Bertz CT molecular complexity index is 125. The summed E-state index contributed by atoms with van der Waals surface area (Å²) >= 11 is 0. The lowest BCUT2D eigenvalue weighted by molar-refractivity contribution is 3.50. The minimum atomic E-state index is -0.656. The van der Waals surface area contributed by atoms with Gasteiger partial charge in [-0.25, -0.2) is 0 Å². The van der Waals surface area contributed by atoms with Crippen LogP contribution in [0.3, 0.4) is 0 Å². The van der Waals surface area contributed by atoms with E-state index in [0.29, 0.717) is 0 Å². The molecule has 0 nitrogen and oxygen atoms in total. The highest BCUT2D eigenvalue weighted by Gasteiger charge is 2.27. The van der Waals surface area contributed by atoms with Crippen LogP contribution in [0.2, 0.25) is 0 Å². The molecular weight excluding hydrogens is 151 g/mol. The fraction of sp³-hybridized carbons (Fsp3) is 0. The summed E-state index contributed by atoms with van der Waals surface area (Å²) in [5.74, 6) is 0. The van der Waals surface area contributed by atoms with Gasteiger partial charge in [-0.15, -0.1) is 0 Å². The fourth-order valence-electron chi connectivity index (χ4n) is 1.09. The lowest BCUT2D eigenvalue weighted by Crippen LogP contribution is -2.64. The predicted molar refractivity (Wildman–Crippen MR) is 80.6 cm³/mol. The lowest BCUT2D eigenvalue weighted by Gasteiger charge is -2.26. The molecule has 42 valence electrons. The van der Waals surface area contributed by atoms with Gasteiger partial charge in [0, 0.05) is 100 Å². The molecule has 0 spiro atoms. The standard InChI is InChI=1S/B14/c1-8-13(10(2)3)9-14(11(4)5)12(6)7. The third-order valence-electron chi connectivity index (χ3n) is 2.00. The van der Waals surface area contributed by atoms with E-state index in [0.717, 1.165) is 0 Å². The van der Waals surface area contributed by atoms with Crippen molar-refractivity contribution in [2.45, 2.75) is 0 Å².